The van der Waals surface area contributed by atoms with Gasteiger partial charge in [0.15, 0.2) is 6.79 Å². The molecule has 1 N–H and O–H groups in total. The van der Waals surface area contributed by atoms with Crippen LogP contribution in [0.3, 0.4) is 0 Å². The maximum Gasteiger partial charge on any atom is 0.397 e. The molecule has 8 heteroatoms. The Morgan fingerprint density at radius 2 is 1.86 bits per heavy atom. The van der Waals surface area contributed by atoms with Gasteiger partial charge in [-0.3, -0.25) is 9.69 Å². The zero-order valence-electron chi connectivity index (χ0n) is 17.0. The smallest absolute Gasteiger partial charge is 0.397 e. The van der Waals surface area contributed by atoms with E-state index in [2.05, 4.69) is 17.2 Å². The zero-order chi connectivity index (χ0) is 21.3. The van der Waals surface area contributed by atoms with E-state index >= 15 is 0 Å². The number of nitrogens with zero attached hydrogens (tertiary/aromatic N) is 1. The van der Waals surface area contributed by atoms with Crippen LogP contribution in [0.5, 0.6) is 0 Å². The Morgan fingerprint density at radius 3 is 2.43 bits per heavy atom. The van der Waals surface area contributed by atoms with Crippen LogP contribution in [0.1, 0.15) is 36.7 Å². The number of carbonyl (C=O) groups is 3. The Balaban J connectivity index is 3.11. The Kier molecular flexibility index (Phi) is 8.64. The SMILES string of the molecule is COCOC(=O)c1cc(C#CCN(C)C)ccc1NC(=O)C(=O)OC(C)(C)C. The first-order valence-electron chi connectivity index (χ1n) is 8.51. The Bertz CT molecular complexity index is 784. The second-order valence-electron chi connectivity index (χ2n) is 7.09. The summed E-state index contributed by atoms with van der Waals surface area (Å²) in [4.78, 5) is 38.2. The molecule has 0 unspecified atom stereocenters. The van der Waals surface area contributed by atoms with Crippen molar-refractivity contribution >= 4 is 23.5 Å². The molecular weight excluding hydrogens is 364 g/mol. The van der Waals surface area contributed by atoms with Gasteiger partial charge in [-0.05, 0) is 53.1 Å². The molecule has 1 aromatic rings. The fourth-order valence-electron chi connectivity index (χ4n) is 1.89. The first-order chi connectivity index (χ1) is 13.0. The number of rotatable bonds is 5. The summed E-state index contributed by atoms with van der Waals surface area (Å²) in [5, 5.41) is 2.38. The number of esters is 2. The summed E-state index contributed by atoms with van der Waals surface area (Å²) >= 11 is 0. The number of carbonyl (C=O) groups excluding carboxylic acids is 3. The number of amides is 1. The van der Waals surface area contributed by atoms with Gasteiger partial charge in [-0.25, -0.2) is 9.59 Å². The van der Waals surface area contributed by atoms with Gasteiger partial charge in [0.2, 0.25) is 0 Å². The van der Waals surface area contributed by atoms with Crippen molar-refractivity contribution < 1.29 is 28.6 Å². The average molecular weight is 390 g/mol. The molecule has 0 aromatic heterocycles. The molecule has 0 fully saturated rings. The van der Waals surface area contributed by atoms with Crippen molar-refractivity contribution in [3.63, 3.8) is 0 Å². The van der Waals surface area contributed by atoms with Crippen LogP contribution in [0.15, 0.2) is 18.2 Å². The molecule has 1 amide bonds. The van der Waals surface area contributed by atoms with Crippen molar-refractivity contribution in [1.82, 2.24) is 4.90 Å². The van der Waals surface area contributed by atoms with Crippen LogP contribution < -0.4 is 5.32 Å². The maximum atomic E-state index is 12.3. The third kappa shape index (κ3) is 8.20. The van der Waals surface area contributed by atoms with Gasteiger partial charge >= 0.3 is 17.8 Å². The molecule has 0 aliphatic rings. The number of hydrogen-bond donors (Lipinski definition) is 1. The Labute approximate surface area is 165 Å². The van der Waals surface area contributed by atoms with Crippen molar-refractivity contribution in [3.8, 4) is 11.8 Å². The summed E-state index contributed by atoms with van der Waals surface area (Å²) < 4.78 is 14.7. The predicted octanol–water partition coefficient (Wildman–Crippen LogP) is 1.64. The van der Waals surface area contributed by atoms with Gasteiger partial charge in [0.05, 0.1) is 17.8 Å². The molecule has 0 saturated heterocycles. The lowest BCUT2D eigenvalue weighted by molar-refractivity contribution is -0.161. The largest absolute Gasteiger partial charge is 0.453 e. The molecule has 0 atom stereocenters. The highest BCUT2D eigenvalue weighted by atomic mass is 16.7. The molecule has 0 aliphatic carbocycles. The van der Waals surface area contributed by atoms with Crippen LogP contribution in [0.25, 0.3) is 0 Å². The van der Waals surface area contributed by atoms with E-state index in [4.69, 9.17) is 14.2 Å². The van der Waals surface area contributed by atoms with Gasteiger partial charge in [0.25, 0.3) is 0 Å². The highest BCUT2D eigenvalue weighted by Gasteiger charge is 2.24. The molecule has 0 bridgehead atoms. The Hall–Kier alpha value is -2.89. The van der Waals surface area contributed by atoms with Crippen molar-refractivity contribution in [3.05, 3.63) is 29.3 Å². The minimum Gasteiger partial charge on any atom is -0.453 e. The standard InChI is InChI=1S/C20H26N2O6/c1-20(2,3)28-19(25)17(23)21-16-10-9-14(8-7-11-22(4)5)12-15(16)18(24)27-13-26-6/h9-10,12H,11,13H2,1-6H3,(H,21,23). The van der Waals surface area contributed by atoms with Gasteiger partial charge in [0, 0.05) is 12.7 Å². The molecule has 0 aliphatic heterocycles. The molecular formula is C20H26N2O6. The van der Waals surface area contributed by atoms with Gasteiger partial charge in [-0.1, -0.05) is 11.8 Å². The van der Waals surface area contributed by atoms with Crippen LogP contribution >= 0.6 is 0 Å². The molecule has 8 nitrogen and oxygen atoms in total. The van der Waals surface area contributed by atoms with E-state index in [0.717, 1.165) is 0 Å². The molecule has 28 heavy (non-hydrogen) atoms. The number of nitrogens with one attached hydrogen (secondary N) is 1. The zero-order valence-corrected chi connectivity index (χ0v) is 17.0. The lowest BCUT2D eigenvalue weighted by Crippen LogP contribution is -2.33. The number of hydrogen-bond acceptors (Lipinski definition) is 7. The van der Waals surface area contributed by atoms with E-state index in [9.17, 15) is 14.4 Å². The van der Waals surface area contributed by atoms with Crippen LogP contribution in [-0.4, -0.2) is 62.9 Å². The monoisotopic (exact) mass is 390 g/mol. The summed E-state index contributed by atoms with van der Waals surface area (Å²) in [5.74, 6) is 3.10. The molecule has 1 rings (SSSR count). The van der Waals surface area contributed by atoms with E-state index in [1.807, 2.05) is 19.0 Å². The van der Waals surface area contributed by atoms with Crippen molar-refractivity contribution in [2.24, 2.45) is 0 Å². The minimum absolute atomic E-state index is 0.0469. The second kappa shape index (κ2) is 10.4. The molecule has 1 aromatic carbocycles. The summed E-state index contributed by atoms with van der Waals surface area (Å²) in [6, 6.07) is 4.58. The Morgan fingerprint density at radius 1 is 1.18 bits per heavy atom. The van der Waals surface area contributed by atoms with Crippen LogP contribution in [0.2, 0.25) is 0 Å². The van der Waals surface area contributed by atoms with E-state index in [1.165, 1.54) is 19.2 Å². The van der Waals surface area contributed by atoms with Crippen molar-refractivity contribution in [2.75, 3.05) is 39.9 Å². The van der Waals surface area contributed by atoms with Crippen LogP contribution in [0.4, 0.5) is 5.69 Å². The fourth-order valence-corrected chi connectivity index (χ4v) is 1.89. The highest BCUT2D eigenvalue weighted by Crippen LogP contribution is 2.19. The molecule has 0 saturated carbocycles. The third-order valence-corrected chi connectivity index (χ3v) is 3.01. The third-order valence-electron chi connectivity index (χ3n) is 3.01. The van der Waals surface area contributed by atoms with Gasteiger partial charge in [0.1, 0.15) is 5.60 Å². The predicted molar refractivity (Wildman–Crippen MR) is 104 cm³/mol. The summed E-state index contributed by atoms with van der Waals surface area (Å²) in [6.45, 7) is 5.22. The summed E-state index contributed by atoms with van der Waals surface area (Å²) in [5.41, 5.74) is -0.109. The fraction of sp³-hybridized carbons (Fsp3) is 0.450. The lowest BCUT2D eigenvalue weighted by atomic mass is 10.1. The number of ether oxygens (including phenoxy) is 3. The minimum atomic E-state index is -1.06. The second-order valence-corrected chi connectivity index (χ2v) is 7.09. The van der Waals surface area contributed by atoms with Gasteiger partial charge < -0.3 is 19.5 Å². The number of methoxy groups -OCH3 is 1. The summed E-state index contributed by atoms with van der Waals surface area (Å²) in [7, 11) is 5.15. The first kappa shape index (κ1) is 23.1. The van der Waals surface area contributed by atoms with Crippen molar-refractivity contribution in [1.29, 1.82) is 0 Å². The first-order valence-corrected chi connectivity index (χ1v) is 8.51. The van der Waals surface area contributed by atoms with E-state index in [0.29, 0.717) is 12.1 Å². The van der Waals surface area contributed by atoms with Crippen LogP contribution in [-0.2, 0) is 23.8 Å². The lowest BCUT2D eigenvalue weighted by Gasteiger charge is -2.19. The number of benzene rings is 1. The number of anilines is 1. The summed E-state index contributed by atoms with van der Waals surface area (Å²) in [6.07, 6.45) is 0. The quantitative estimate of drug-likeness (QED) is 0.353. The van der Waals surface area contributed by atoms with E-state index < -0.39 is 23.4 Å². The highest BCUT2D eigenvalue weighted by molar-refractivity contribution is 6.37. The average Bonchev–Trinajstić information content (AvgIpc) is 2.58. The molecule has 0 heterocycles. The van der Waals surface area contributed by atoms with E-state index in [1.54, 1.807) is 26.8 Å². The maximum absolute atomic E-state index is 12.3. The molecule has 152 valence electrons. The van der Waals surface area contributed by atoms with E-state index in [-0.39, 0.29) is 18.0 Å². The van der Waals surface area contributed by atoms with Gasteiger partial charge in [-0.15, -0.1) is 0 Å². The topological polar surface area (TPSA) is 94.2 Å². The van der Waals surface area contributed by atoms with Gasteiger partial charge in [-0.2, -0.15) is 0 Å². The van der Waals surface area contributed by atoms with Crippen molar-refractivity contribution in [2.45, 2.75) is 26.4 Å². The molecule has 0 radical (unpaired) electrons. The van der Waals surface area contributed by atoms with Crippen LogP contribution in [0, 0.1) is 11.8 Å². The normalized spacial score (nSPS) is 10.7. The molecule has 0 spiro atoms.